The standard InChI is InChI=1S/C11H17FN2O3S2/c12-10-8-9(19(13,16)17)2-3-11(10)14-4-7-18-6-1-5-15/h2-3,8,14-15H,1,4-7H2,(H2,13,16,17). The third-order valence-corrected chi connectivity index (χ3v) is 4.26. The minimum atomic E-state index is -3.87. The summed E-state index contributed by atoms with van der Waals surface area (Å²) in [7, 11) is -3.87. The molecule has 108 valence electrons. The topological polar surface area (TPSA) is 92.4 Å². The summed E-state index contributed by atoms with van der Waals surface area (Å²) < 4.78 is 35.6. The van der Waals surface area contributed by atoms with E-state index < -0.39 is 15.8 Å². The first-order valence-electron chi connectivity index (χ1n) is 5.70. The number of thioether (sulfide) groups is 1. The van der Waals surface area contributed by atoms with Gasteiger partial charge in [-0.2, -0.15) is 11.8 Å². The molecule has 1 aromatic rings. The molecule has 0 aliphatic carbocycles. The number of primary sulfonamides is 1. The number of sulfonamides is 1. The highest BCUT2D eigenvalue weighted by molar-refractivity contribution is 7.99. The highest BCUT2D eigenvalue weighted by Gasteiger charge is 2.11. The predicted octanol–water partition coefficient (Wildman–Crippen LogP) is 1.00. The summed E-state index contributed by atoms with van der Waals surface area (Å²) in [5.41, 5.74) is 0.246. The van der Waals surface area contributed by atoms with Gasteiger partial charge in [-0.15, -0.1) is 0 Å². The third kappa shape index (κ3) is 5.77. The molecule has 0 aliphatic rings. The Bertz CT molecular complexity index is 509. The molecule has 0 saturated carbocycles. The van der Waals surface area contributed by atoms with Gasteiger partial charge in [-0.25, -0.2) is 17.9 Å². The lowest BCUT2D eigenvalue weighted by molar-refractivity contribution is 0.296. The Hall–Kier alpha value is -0.830. The number of aliphatic hydroxyl groups excluding tert-OH is 1. The number of nitrogens with one attached hydrogen (secondary N) is 1. The quantitative estimate of drug-likeness (QED) is 0.623. The molecule has 1 aromatic carbocycles. The molecule has 19 heavy (non-hydrogen) atoms. The van der Waals surface area contributed by atoms with Crippen LogP contribution in [0, 0.1) is 5.82 Å². The normalized spacial score (nSPS) is 11.5. The molecule has 0 fully saturated rings. The van der Waals surface area contributed by atoms with Crippen LogP contribution in [0.25, 0.3) is 0 Å². The van der Waals surface area contributed by atoms with Crippen molar-refractivity contribution in [2.75, 3.05) is 30.0 Å². The van der Waals surface area contributed by atoms with E-state index in [1.165, 1.54) is 12.1 Å². The summed E-state index contributed by atoms with van der Waals surface area (Å²) >= 11 is 1.65. The van der Waals surface area contributed by atoms with Crippen LogP contribution in [-0.2, 0) is 10.0 Å². The molecule has 0 atom stereocenters. The monoisotopic (exact) mass is 308 g/mol. The lowest BCUT2D eigenvalue weighted by atomic mass is 10.3. The molecule has 0 radical (unpaired) electrons. The van der Waals surface area contributed by atoms with Crippen molar-refractivity contribution < 1.29 is 17.9 Å². The molecular weight excluding hydrogens is 291 g/mol. The average molecular weight is 308 g/mol. The van der Waals surface area contributed by atoms with Gasteiger partial charge in [0.2, 0.25) is 10.0 Å². The van der Waals surface area contributed by atoms with Crippen LogP contribution in [0.4, 0.5) is 10.1 Å². The van der Waals surface area contributed by atoms with Gasteiger partial charge in [-0.05, 0) is 30.4 Å². The zero-order chi connectivity index (χ0) is 14.3. The van der Waals surface area contributed by atoms with Crippen LogP contribution in [-0.4, -0.2) is 38.2 Å². The van der Waals surface area contributed by atoms with Crippen molar-refractivity contribution >= 4 is 27.5 Å². The first-order valence-corrected chi connectivity index (χ1v) is 8.40. The van der Waals surface area contributed by atoms with E-state index in [1.54, 1.807) is 11.8 Å². The van der Waals surface area contributed by atoms with Crippen molar-refractivity contribution in [2.45, 2.75) is 11.3 Å². The first-order chi connectivity index (χ1) is 8.95. The van der Waals surface area contributed by atoms with Crippen molar-refractivity contribution in [1.29, 1.82) is 0 Å². The van der Waals surface area contributed by atoms with Gasteiger partial charge in [0, 0.05) is 18.9 Å². The summed E-state index contributed by atoms with van der Waals surface area (Å²) in [6, 6.07) is 3.52. The van der Waals surface area contributed by atoms with Crippen LogP contribution in [0.15, 0.2) is 23.1 Å². The number of hydrogen-bond acceptors (Lipinski definition) is 5. The number of aliphatic hydroxyl groups is 1. The van der Waals surface area contributed by atoms with Gasteiger partial charge in [0.25, 0.3) is 0 Å². The SMILES string of the molecule is NS(=O)(=O)c1ccc(NCCSCCCO)c(F)c1. The van der Waals surface area contributed by atoms with E-state index in [0.717, 1.165) is 24.0 Å². The molecule has 0 amide bonds. The Labute approximate surface area is 116 Å². The Balaban J connectivity index is 2.47. The molecule has 0 saturated heterocycles. The second kappa shape index (κ2) is 7.68. The highest BCUT2D eigenvalue weighted by Crippen LogP contribution is 2.18. The van der Waals surface area contributed by atoms with E-state index >= 15 is 0 Å². The summed E-state index contributed by atoms with van der Waals surface area (Å²) in [6.07, 6.45) is 0.738. The maximum Gasteiger partial charge on any atom is 0.238 e. The van der Waals surface area contributed by atoms with E-state index in [1.807, 2.05) is 0 Å². The van der Waals surface area contributed by atoms with E-state index in [2.05, 4.69) is 5.32 Å². The number of hydrogen-bond donors (Lipinski definition) is 3. The van der Waals surface area contributed by atoms with Gasteiger partial charge in [0.1, 0.15) is 5.82 Å². The number of nitrogens with two attached hydrogens (primary N) is 1. The van der Waals surface area contributed by atoms with Gasteiger partial charge >= 0.3 is 0 Å². The van der Waals surface area contributed by atoms with E-state index in [9.17, 15) is 12.8 Å². The van der Waals surface area contributed by atoms with Crippen LogP contribution >= 0.6 is 11.8 Å². The van der Waals surface area contributed by atoms with E-state index in [4.69, 9.17) is 10.2 Å². The van der Waals surface area contributed by atoms with Crippen molar-refractivity contribution in [3.63, 3.8) is 0 Å². The van der Waals surface area contributed by atoms with Gasteiger partial charge in [0.05, 0.1) is 10.6 Å². The van der Waals surface area contributed by atoms with Crippen LogP contribution < -0.4 is 10.5 Å². The number of benzene rings is 1. The number of halogens is 1. The molecule has 0 spiro atoms. The lowest BCUT2D eigenvalue weighted by Gasteiger charge is -2.08. The Morgan fingerprint density at radius 1 is 1.37 bits per heavy atom. The van der Waals surface area contributed by atoms with Crippen LogP contribution in [0.5, 0.6) is 0 Å². The van der Waals surface area contributed by atoms with Crippen molar-refractivity contribution in [3.8, 4) is 0 Å². The zero-order valence-electron chi connectivity index (χ0n) is 10.3. The fraction of sp³-hybridized carbons (Fsp3) is 0.455. The molecule has 0 unspecified atom stereocenters. The van der Waals surface area contributed by atoms with Gasteiger partial charge in [-0.1, -0.05) is 0 Å². The second-order valence-corrected chi connectivity index (χ2v) is 6.59. The van der Waals surface area contributed by atoms with Crippen molar-refractivity contribution in [2.24, 2.45) is 5.14 Å². The molecule has 0 aromatic heterocycles. The number of rotatable bonds is 8. The Kier molecular flexibility index (Phi) is 6.56. The zero-order valence-corrected chi connectivity index (χ0v) is 11.9. The van der Waals surface area contributed by atoms with Crippen LogP contribution in [0.3, 0.4) is 0 Å². The fourth-order valence-electron chi connectivity index (χ4n) is 1.34. The first kappa shape index (κ1) is 16.2. The maximum absolute atomic E-state index is 13.6. The molecule has 0 bridgehead atoms. The highest BCUT2D eigenvalue weighted by atomic mass is 32.2. The lowest BCUT2D eigenvalue weighted by Crippen LogP contribution is -2.13. The van der Waals surface area contributed by atoms with Gasteiger partial charge in [0.15, 0.2) is 0 Å². The molecule has 0 aliphatic heterocycles. The van der Waals surface area contributed by atoms with Crippen molar-refractivity contribution in [3.05, 3.63) is 24.0 Å². The summed E-state index contributed by atoms with van der Waals surface area (Å²) in [5.74, 6) is 0.980. The molecule has 5 nitrogen and oxygen atoms in total. The van der Waals surface area contributed by atoms with Crippen LogP contribution in [0.1, 0.15) is 6.42 Å². The van der Waals surface area contributed by atoms with E-state index in [0.29, 0.717) is 6.54 Å². The smallest absolute Gasteiger partial charge is 0.238 e. The molecule has 0 heterocycles. The largest absolute Gasteiger partial charge is 0.396 e. The summed E-state index contributed by atoms with van der Waals surface area (Å²) in [4.78, 5) is -0.243. The van der Waals surface area contributed by atoms with E-state index in [-0.39, 0.29) is 17.2 Å². The molecular formula is C11H17FN2O3S2. The summed E-state index contributed by atoms with van der Waals surface area (Å²) in [5, 5.41) is 16.4. The minimum Gasteiger partial charge on any atom is -0.396 e. The maximum atomic E-state index is 13.6. The summed E-state index contributed by atoms with van der Waals surface area (Å²) in [6.45, 7) is 0.728. The van der Waals surface area contributed by atoms with Gasteiger partial charge < -0.3 is 10.4 Å². The van der Waals surface area contributed by atoms with Crippen LogP contribution in [0.2, 0.25) is 0 Å². The molecule has 1 rings (SSSR count). The predicted molar refractivity (Wildman–Crippen MR) is 75.3 cm³/mol. The Morgan fingerprint density at radius 2 is 2.11 bits per heavy atom. The van der Waals surface area contributed by atoms with Crippen molar-refractivity contribution in [1.82, 2.24) is 0 Å². The minimum absolute atomic E-state index is 0.171. The molecule has 8 heteroatoms. The number of anilines is 1. The second-order valence-electron chi connectivity index (χ2n) is 3.80. The fourth-order valence-corrected chi connectivity index (χ4v) is 2.65. The Morgan fingerprint density at radius 3 is 2.68 bits per heavy atom. The average Bonchev–Trinajstić information content (AvgIpc) is 2.34. The van der Waals surface area contributed by atoms with Gasteiger partial charge in [-0.3, -0.25) is 0 Å². The molecule has 4 N–H and O–H groups in total. The third-order valence-electron chi connectivity index (χ3n) is 2.28.